The molecule has 2 aromatic rings. The van der Waals surface area contributed by atoms with Gasteiger partial charge in [0, 0.05) is 49.5 Å². The zero-order valence-corrected chi connectivity index (χ0v) is 25.7. The molecule has 0 amide bonds. The van der Waals surface area contributed by atoms with E-state index in [4.69, 9.17) is 0 Å². The second-order valence-electron chi connectivity index (χ2n) is 10.4. The fourth-order valence-electron chi connectivity index (χ4n) is 5.31. The van der Waals surface area contributed by atoms with Gasteiger partial charge in [-0.15, -0.1) is 0 Å². The smallest absolute Gasteiger partial charge is 0.210 e. The van der Waals surface area contributed by atoms with Gasteiger partial charge in [0.15, 0.2) is 0 Å². The topological polar surface area (TPSA) is 108 Å². The number of benzene rings is 2. The Bertz CT molecular complexity index is 1180. The maximum atomic E-state index is 11.7. The van der Waals surface area contributed by atoms with Gasteiger partial charge in [0.1, 0.15) is 0 Å². The normalized spacial score (nSPS) is 19.1. The summed E-state index contributed by atoms with van der Waals surface area (Å²) in [6, 6.07) is 20.5. The minimum absolute atomic E-state index is 0. The van der Waals surface area contributed by atoms with Gasteiger partial charge >= 0.3 is 0 Å². The summed E-state index contributed by atoms with van der Waals surface area (Å²) >= 11 is 0. The summed E-state index contributed by atoms with van der Waals surface area (Å²) < 4.78 is 50.2. The zero-order chi connectivity index (χ0) is 27.0. The van der Waals surface area contributed by atoms with Gasteiger partial charge in [-0.2, -0.15) is 0 Å². The molecule has 4 rings (SSSR count). The van der Waals surface area contributed by atoms with Crippen molar-refractivity contribution in [1.29, 1.82) is 0 Å². The summed E-state index contributed by atoms with van der Waals surface area (Å²) in [6.45, 7) is 4.77. The summed E-state index contributed by atoms with van der Waals surface area (Å²) in [5.41, 5.74) is 2.33. The Morgan fingerprint density at radius 3 is 1.53 bits per heavy atom. The van der Waals surface area contributed by atoms with Gasteiger partial charge in [-0.05, 0) is 63.0 Å². The fourth-order valence-corrected chi connectivity index (χ4v) is 6.33. The van der Waals surface area contributed by atoms with Crippen LogP contribution in [0.5, 0.6) is 0 Å². The molecule has 11 heteroatoms. The van der Waals surface area contributed by atoms with E-state index in [1.54, 1.807) is 7.05 Å². The number of rotatable bonds is 8. The molecule has 2 saturated heterocycles. The van der Waals surface area contributed by atoms with Crippen molar-refractivity contribution in [3.63, 3.8) is 0 Å². The van der Waals surface area contributed by atoms with Crippen molar-refractivity contribution in [3.05, 3.63) is 71.8 Å². The Morgan fingerprint density at radius 2 is 1.13 bits per heavy atom. The molecular weight excluding hydrogens is 559 g/mol. The molecule has 2 aromatic carbocycles. The molecule has 2 aliphatic rings. The average Bonchev–Trinajstić information content (AvgIpc) is 2.89. The van der Waals surface area contributed by atoms with Gasteiger partial charge in [-0.3, -0.25) is 0 Å². The number of piperidine rings is 2. The number of likely N-dealkylation sites (N-methyl/N-ethyl adjacent to an activating group) is 1. The molecule has 8 nitrogen and oxygen atoms in total. The van der Waals surface area contributed by atoms with Gasteiger partial charge in [0.25, 0.3) is 0 Å². The molecular formula is C27H42N4O4S2V. The summed E-state index contributed by atoms with van der Waals surface area (Å²) in [6.07, 6.45) is 6.34. The Hall–Kier alpha value is -1.24. The van der Waals surface area contributed by atoms with Gasteiger partial charge in [-0.25, -0.2) is 25.9 Å². The van der Waals surface area contributed by atoms with Crippen molar-refractivity contribution < 1.29 is 35.4 Å². The number of nitrogens with one attached hydrogen (secondary N) is 3. The van der Waals surface area contributed by atoms with E-state index in [2.05, 4.69) is 39.6 Å². The molecule has 0 unspecified atom stereocenters. The number of hydrogen-bond acceptors (Lipinski definition) is 6. The summed E-state index contributed by atoms with van der Waals surface area (Å²) in [4.78, 5) is 0. The molecule has 211 valence electrons. The first-order valence-electron chi connectivity index (χ1n) is 12.8. The van der Waals surface area contributed by atoms with Crippen LogP contribution in [0.25, 0.3) is 0 Å². The molecule has 38 heavy (non-hydrogen) atoms. The predicted octanol–water partition coefficient (Wildman–Crippen LogP) is 2.05. The molecule has 3 N–H and O–H groups in total. The van der Waals surface area contributed by atoms with Crippen LogP contribution < -0.4 is 15.4 Å². The van der Waals surface area contributed by atoms with Crippen LogP contribution in [0.4, 0.5) is 0 Å². The third-order valence-corrected chi connectivity index (χ3v) is 9.59. The van der Waals surface area contributed by atoms with E-state index in [1.165, 1.54) is 27.9 Å². The van der Waals surface area contributed by atoms with Crippen LogP contribution in [0.1, 0.15) is 36.8 Å². The summed E-state index contributed by atoms with van der Waals surface area (Å²) in [5, 5.41) is 6.68. The first kappa shape index (κ1) is 33.0. The molecule has 2 heterocycles. The third kappa shape index (κ3) is 9.45. The van der Waals surface area contributed by atoms with Crippen molar-refractivity contribution in [2.75, 3.05) is 58.8 Å². The summed E-state index contributed by atoms with van der Waals surface area (Å²) in [7, 11) is -4.61. The van der Waals surface area contributed by atoms with Crippen LogP contribution in [0.3, 0.4) is 0 Å². The number of sulfonamides is 2. The monoisotopic (exact) mass is 601 g/mol. The largest absolute Gasteiger partial charge is 0.317 e. The average molecular weight is 602 g/mol. The molecule has 0 aliphatic carbocycles. The van der Waals surface area contributed by atoms with Crippen LogP contribution in [0, 0.1) is 0 Å². The number of nitrogens with zero attached hydrogens (tertiary/aromatic N) is 1. The molecule has 0 saturated carbocycles. The molecule has 0 spiro atoms. The van der Waals surface area contributed by atoms with E-state index in [1.807, 2.05) is 36.4 Å². The minimum Gasteiger partial charge on any atom is -0.317 e. The van der Waals surface area contributed by atoms with Crippen molar-refractivity contribution >= 4 is 20.0 Å². The molecule has 1 radical (unpaired) electrons. The van der Waals surface area contributed by atoms with Crippen molar-refractivity contribution in [1.82, 2.24) is 19.7 Å². The van der Waals surface area contributed by atoms with Crippen molar-refractivity contribution in [2.24, 2.45) is 0 Å². The van der Waals surface area contributed by atoms with Crippen LogP contribution in [-0.4, -0.2) is 80.0 Å². The Balaban J connectivity index is 0.000000260. The second kappa shape index (κ2) is 14.4. The van der Waals surface area contributed by atoms with Gasteiger partial charge in [0.2, 0.25) is 20.0 Å². The van der Waals surface area contributed by atoms with Crippen LogP contribution in [-0.2, 0) is 49.4 Å². The minimum atomic E-state index is -3.14. The quantitative estimate of drug-likeness (QED) is 0.428. The van der Waals surface area contributed by atoms with E-state index in [9.17, 15) is 16.8 Å². The van der Waals surface area contributed by atoms with Crippen molar-refractivity contribution in [3.8, 4) is 0 Å². The van der Waals surface area contributed by atoms with E-state index >= 15 is 0 Å². The second-order valence-corrected chi connectivity index (χ2v) is 14.3. The predicted molar refractivity (Wildman–Crippen MR) is 151 cm³/mol. The number of hydrogen-bond donors (Lipinski definition) is 3. The van der Waals surface area contributed by atoms with E-state index in [-0.39, 0.29) is 29.4 Å². The van der Waals surface area contributed by atoms with Crippen LogP contribution in [0.15, 0.2) is 60.7 Å². The Morgan fingerprint density at radius 1 is 0.737 bits per heavy atom. The Labute approximate surface area is 241 Å². The Kier molecular flexibility index (Phi) is 12.5. The zero-order valence-electron chi connectivity index (χ0n) is 22.7. The van der Waals surface area contributed by atoms with Crippen LogP contribution in [0.2, 0.25) is 0 Å². The molecule has 0 aromatic heterocycles. The maximum Gasteiger partial charge on any atom is 0.210 e. The summed E-state index contributed by atoms with van der Waals surface area (Å²) in [5.74, 6) is 0. The first-order chi connectivity index (χ1) is 17.5. The van der Waals surface area contributed by atoms with Gasteiger partial charge in [0.05, 0.1) is 12.5 Å². The molecule has 2 fully saturated rings. The van der Waals surface area contributed by atoms with E-state index in [0.717, 1.165) is 51.9 Å². The SMILES string of the molecule is CN(CC1(c2ccccc2)CCNCC1)S(C)(=O)=O.CS(=O)(=O)NCC1(c2ccccc2)CCNCC1.[V]. The third-order valence-electron chi connectivity index (χ3n) is 7.66. The molecule has 0 bridgehead atoms. The maximum absolute atomic E-state index is 11.7. The van der Waals surface area contributed by atoms with Crippen LogP contribution >= 0.6 is 0 Å². The molecule has 2 aliphatic heterocycles. The van der Waals surface area contributed by atoms with Gasteiger partial charge < -0.3 is 10.6 Å². The van der Waals surface area contributed by atoms with Crippen molar-refractivity contribution in [2.45, 2.75) is 36.5 Å². The van der Waals surface area contributed by atoms with Gasteiger partial charge in [-0.1, -0.05) is 60.7 Å². The first-order valence-corrected chi connectivity index (χ1v) is 16.6. The van der Waals surface area contributed by atoms with E-state index in [0.29, 0.717) is 13.1 Å². The molecule has 0 atom stereocenters. The standard InChI is InChI=1S/C14H22N2O2S.C13H20N2O2S.V/c1-16(19(2,17)18)12-14(8-10-15-11-9-14)13-6-4-3-5-7-13;1-18(16,17)15-11-13(7-9-14-10-8-13)12-5-3-2-4-6-12;/h3-7,15H,8-12H2,1-2H3;2-6,14-15H,7-11H2,1H3;. The van der Waals surface area contributed by atoms with E-state index < -0.39 is 20.0 Å². The fraction of sp³-hybridized carbons (Fsp3) is 0.556.